The van der Waals surface area contributed by atoms with E-state index in [-0.39, 0.29) is 0 Å². The van der Waals surface area contributed by atoms with Crippen molar-refractivity contribution >= 4 is 0 Å². The molecule has 0 spiro atoms. The third kappa shape index (κ3) is 4.80. The Morgan fingerprint density at radius 3 is 1.18 bits per heavy atom. The first-order chi connectivity index (χ1) is 7.84. The molecule has 0 rings (SSSR count). The molecule has 0 saturated heterocycles. The van der Waals surface area contributed by atoms with E-state index in [1.807, 2.05) is 0 Å². The van der Waals surface area contributed by atoms with Crippen molar-refractivity contribution in [3.8, 4) is 0 Å². The van der Waals surface area contributed by atoms with E-state index < -0.39 is 37.4 Å². The Balaban J connectivity index is 4.62. The molecule has 17 heavy (non-hydrogen) atoms. The van der Waals surface area contributed by atoms with Crippen LogP contribution in [-0.2, 0) is 4.74 Å². The van der Waals surface area contributed by atoms with E-state index in [2.05, 4.69) is 17.9 Å². The molecule has 0 N–H and O–H groups in total. The summed E-state index contributed by atoms with van der Waals surface area (Å²) in [6.45, 7) is 6.03. The zero-order valence-electron chi connectivity index (χ0n) is 8.71. The fourth-order valence-corrected chi connectivity index (χ4v) is 0.989. The van der Waals surface area contributed by atoms with Crippen LogP contribution in [0.3, 0.4) is 0 Å². The molecule has 100 valence electrons. The van der Waals surface area contributed by atoms with Gasteiger partial charge in [0.05, 0.1) is 0 Å². The van der Waals surface area contributed by atoms with Gasteiger partial charge in [0, 0.05) is 0 Å². The lowest BCUT2D eigenvalue weighted by molar-refractivity contribution is -0.101. The lowest BCUT2D eigenvalue weighted by Crippen LogP contribution is -2.38. The average Bonchev–Trinajstić information content (AvgIpc) is 2.28. The number of hydrogen-bond donors (Lipinski definition) is 0. The highest BCUT2D eigenvalue weighted by Crippen LogP contribution is 2.20. The summed E-state index contributed by atoms with van der Waals surface area (Å²) in [6.07, 6.45) is -14.7. The molecule has 0 aromatic heterocycles. The Bertz CT molecular complexity index is 221. The standard InChI is InChI=1S/C10H12F6O/c1-3-5(7(11)9(13)14)17-6(4-2)8(12)10(15)16/h3-10H,1-2H2. The summed E-state index contributed by atoms with van der Waals surface area (Å²) < 4.78 is 78.2. The second-order valence-electron chi connectivity index (χ2n) is 3.09. The fraction of sp³-hybridized carbons (Fsp3) is 0.600. The van der Waals surface area contributed by atoms with E-state index in [4.69, 9.17) is 0 Å². The van der Waals surface area contributed by atoms with Crippen LogP contribution >= 0.6 is 0 Å². The van der Waals surface area contributed by atoms with Gasteiger partial charge < -0.3 is 4.74 Å². The van der Waals surface area contributed by atoms with Gasteiger partial charge in [-0.1, -0.05) is 12.2 Å². The van der Waals surface area contributed by atoms with Crippen molar-refractivity contribution in [3.05, 3.63) is 25.3 Å². The van der Waals surface area contributed by atoms with Crippen molar-refractivity contribution in [2.24, 2.45) is 0 Å². The van der Waals surface area contributed by atoms with Crippen LogP contribution in [0.25, 0.3) is 0 Å². The minimum absolute atomic E-state index is 0.658. The minimum Gasteiger partial charge on any atom is -0.360 e. The molecule has 0 aliphatic rings. The highest BCUT2D eigenvalue weighted by Gasteiger charge is 2.35. The minimum atomic E-state index is -3.38. The van der Waals surface area contributed by atoms with Gasteiger partial charge in [-0.15, -0.1) is 13.2 Å². The maximum absolute atomic E-state index is 12.9. The van der Waals surface area contributed by atoms with Gasteiger partial charge in [-0.3, -0.25) is 0 Å². The van der Waals surface area contributed by atoms with Crippen molar-refractivity contribution in [2.75, 3.05) is 0 Å². The van der Waals surface area contributed by atoms with E-state index in [0.29, 0.717) is 12.2 Å². The normalized spacial score (nSPS) is 18.8. The molecular weight excluding hydrogens is 250 g/mol. The molecule has 7 heteroatoms. The molecule has 0 radical (unpaired) electrons. The maximum atomic E-state index is 12.9. The second-order valence-corrected chi connectivity index (χ2v) is 3.09. The lowest BCUT2D eigenvalue weighted by atomic mass is 10.2. The molecule has 0 amide bonds. The maximum Gasteiger partial charge on any atom is 0.272 e. The van der Waals surface area contributed by atoms with E-state index in [1.165, 1.54) is 0 Å². The molecule has 0 aliphatic carbocycles. The van der Waals surface area contributed by atoms with E-state index in [9.17, 15) is 26.3 Å². The van der Waals surface area contributed by atoms with Gasteiger partial charge >= 0.3 is 0 Å². The van der Waals surface area contributed by atoms with Gasteiger partial charge in [0.1, 0.15) is 12.2 Å². The summed E-state index contributed by atoms with van der Waals surface area (Å²) in [5.41, 5.74) is 0. The van der Waals surface area contributed by atoms with Gasteiger partial charge in [-0.05, 0) is 0 Å². The summed E-state index contributed by atoms with van der Waals surface area (Å²) in [5, 5.41) is 0. The molecule has 0 aromatic carbocycles. The Hall–Kier alpha value is -0.980. The monoisotopic (exact) mass is 262 g/mol. The summed E-state index contributed by atoms with van der Waals surface area (Å²) in [4.78, 5) is 0. The average molecular weight is 262 g/mol. The number of ether oxygens (including phenoxy) is 1. The summed E-state index contributed by atoms with van der Waals surface area (Å²) >= 11 is 0. The third-order valence-corrected chi connectivity index (χ3v) is 1.89. The first kappa shape index (κ1) is 16.0. The molecule has 0 saturated carbocycles. The van der Waals surface area contributed by atoms with Gasteiger partial charge in [-0.2, -0.15) is 0 Å². The van der Waals surface area contributed by atoms with Crippen molar-refractivity contribution in [2.45, 2.75) is 37.4 Å². The SMILES string of the molecule is C=CC(OC(C=C)C(F)C(F)F)C(F)C(F)F. The highest BCUT2D eigenvalue weighted by atomic mass is 19.3. The van der Waals surface area contributed by atoms with Crippen LogP contribution in [0.1, 0.15) is 0 Å². The highest BCUT2D eigenvalue weighted by molar-refractivity contribution is 4.94. The predicted molar refractivity (Wildman–Crippen MR) is 50.9 cm³/mol. The smallest absolute Gasteiger partial charge is 0.272 e. The number of alkyl halides is 6. The zero-order valence-corrected chi connectivity index (χ0v) is 8.71. The van der Waals surface area contributed by atoms with E-state index in [1.54, 1.807) is 0 Å². The Kier molecular flexibility index (Phi) is 6.94. The van der Waals surface area contributed by atoms with Crippen LogP contribution in [0.2, 0.25) is 0 Å². The van der Waals surface area contributed by atoms with Gasteiger partial charge in [0.15, 0.2) is 12.3 Å². The van der Waals surface area contributed by atoms with Gasteiger partial charge in [0.2, 0.25) is 0 Å². The lowest BCUT2D eigenvalue weighted by Gasteiger charge is -2.24. The fourth-order valence-electron chi connectivity index (χ4n) is 0.989. The molecule has 0 bridgehead atoms. The van der Waals surface area contributed by atoms with Crippen LogP contribution in [-0.4, -0.2) is 37.4 Å². The molecule has 0 heterocycles. The molecule has 1 nitrogen and oxygen atoms in total. The van der Waals surface area contributed by atoms with Gasteiger partial charge in [0.25, 0.3) is 12.9 Å². The summed E-state index contributed by atoms with van der Waals surface area (Å²) in [6, 6.07) is 0. The van der Waals surface area contributed by atoms with Crippen LogP contribution in [0.15, 0.2) is 25.3 Å². The van der Waals surface area contributed by atoms with E-state index in [0.717, 1.165) is 0 Å². The summed E-state index contributed by atoms with van der Waals surface area (Å²) in [7, 11) is 0. The third-order valence-electron chi connectivity index (χ3n) is 1.89. The Morgan fingerprint density at radius 1 is 0.706 bits per heavy atom. The van der Waals surface area contributed by atoms with Crippen molar-refractivity contribution in [3.63, 3.8) is 0 Å². The molecule has 0 aliphatic heterocycles. The first-order valence-electron chi connectivity index (χ1n) is 4.60. The second kappa shape index (κ2) is 7.37. The zero-order chi connectivity index (χ0) is 13.6. The van der Waals surface area contributed by atoms with Crippen molar-refractivity contribution in [1.29, 1.82) is 0 Å². The van der Waals surface area contributed by atoms with Crippen LogP contribution < -0.4 is 0 Å². The molecule has 0 fully saturated rings. The molecular formula is C10H12F6O. The van der Waals surface area contributed by atoms with Gasteiger partial charge in [-0.25, -0.2) is 26.3 Å². The molecule has 4 unspecified atom stereocenters. The van der Waals surface area contributed by atoms with Crippen molar-refractivity contribution < 1.29 is 31.1 Å². The van der Waals surface area contributed by atoms with E-state index >= 15 is 0 Å². The Labute approximate surface area is 94.8 Å². The number of hydrogen-bond acceptors (Lipinski definition) is 1. The van der Waals surface area contributed by atoms with Crippen molar-refractivity contribution in [1.82, 2.24) is 0 Å². The van der Waals surface area contributed by atoms with Crippen LogP contribution in [0.5, 0.6) is 0 Å². The topological polar surface area (TPSA) is 9.23 Å². The molecule has 0 aromatic rings. The first-order valence-corrected chi connectivity index (χ1v) is 4.60. The number of halogens is 6. The molecule has 4 atom stereocenters. The number of rotatable bonds is 8. The predicted octanol–water partition coefficient (Wildman–Crippen LogP) is 3.32. The Morgan fingerprint density at radius 2 is 1.00 bits per heavy atom. The van der Waals surface area contributed by atoms with Crippen LogP contribution in [0.4, 0.5) is 26.3 Å². The summed E-state index contributed by atoms with van der Waals surface area (Å²) in [5.74, 6) is 0. The quantitative estimate of drug-likeness (QED) is 0.481. The van der Waals surface area contributed by atoms with Crippen LogP contribution in [0, 0.1) is 0 Å². The largest absolute Gasteiger partial charge is 0.360 e.